The van der Waals surface area contributed by atoms with Crippen molar-refractivity contribution < 1.29 is 38.1 Å². The van der Waals surface area contributed by atoms with E-state index < -0.39 is 17.8 Å². The quantitative estimate of drug-likeness (QED) is 0.222. The van der Waals surface area contributed by atoms with Gasteiger partial charge in [-0.3, -0.25) is 4.79 Å². The van der Waals surface area contributed by atoms with E-state index in [1.54, 1.807) is 32.9 Å². The first-order chi connectivity index (χ1) is 19.2. The van der Waals surface area contributed by atoms with Gasteiger partial charge >= 0.3 is 11.9 Å². The zero-order valence-electron chi connectivity index (χ0n) is 23.4. The molecule has 2 aromatic heterocycles. The second-order valence-electron chi connectivity index (χ2n) is 8.00. The molecule has 0 atom stereocenters. The Hall–Kier alpha value is -3.78. The number of amides is 1. The molecule has 1 N–H and O–H groups in total. The number of aromatic nitrogens is 3. The van der Waals surface area contributed by atoms with E-state index in [4.69, 9.17) is 23.7 Å². The molecule has 3 aromatic rings. The lowest BCUT2D eigenvalue weighted by Crippen LogP contribution is -2.17. The monoisotopic (exact) mass is 592 g/mol. The van der Waals surface area contributed by atoms with Crippen molar-refractivity contribution in [1.29, 1.82) is 0 Å². The smallest absolute Gasteiger partial charge is 0.348 e. The van der Waals surface area contributed by atoms with E-state index in [-0.39, 0.29) is 34.4 Å². The van der Waals surface area contributed by atoms with Gasteiger partial charge in [0.1, 0.15) is 9.88 Å². The Morgan fingerprint density at radius 3 is 2.12 bits per heavy atom. The van der Waals surface area contributed by atoms with Crippen molar-refractivity contribution in [2.75, 3.05) is 45.6 Å². The molecule has 0 spiro atoms. The highest BCUT2D eigenvalue weighted by atomic mass is 32.2. The Bertz CT molecular complexity index is 1360. The van der Waals surface area contributed by atoms with Crippen LogP contribution in [-0.2, 0) is 20.8 Å². The van der Waals surface area contributed by atoms with E-state index in [2.05, 4.69) is 15.5 Å². The number of nitrogens with zero attached hydrogens (tertiary/aromatic N) is 3. The van der Waals surface area contributed by atoms with E-state index in [0.717, 1.165) is 11.3 Å². The zero-order valence-corrected chi connectivity index (χ0v) is 25.0. The summed E-state index contributed by atoms with van der Waals surface area (Å²) in [6.45, 7) is 7.78. The second-order valence-corrected chi connectivity index (χ2v) is 9.97. The van der Waals surface area contributed by atoms with Crippen LogP contribution < -0.4 is 19.5 Å². The fraction of sp³-hybridized carbons (Fsp3) is 0.423. The first-order valence-corrected chi connectivity index (χ1v) is 14.2. The van der Waals surface area contributed by atoms with Crippen LogP contribution in [0.4, 0.5) is 5.00 Å². The fourth-order valence-electron chi connectivity index (χ4n) is 3.84. The van der Waals surface area contributed by atoms with Crippen LogP contribution in [0, 0.1) is 6.92 Å². The molecule has 14 heteroatoms. The van der Waals surface area contributed by atoms with Crippen LogP contribution in [0.25, 0.3) is 11.4 Å². The number of hydrogen-bond acceptors (Lipinski definition) is 12. The summed E-state index contributed by atoms with van der Waals surface area (Å²) in [5.74, 6) is 0.343. The Balaban J connectivity index is 1.84. The summed E-state index contributed by atoms with van der Waals surface area (Å²) < 4.78 is 28.4. The number of carbonyl (C=O) groups is 3. The molecule has 0 unspecified atom stereocenters. The van der Waals surface area contributed by atoms with Gasteiger partial charge in [0, 0.05) is 12.1 Å². The number of methoxy groups -OCH3 is 3. The molecule has 0 bridgehead atoms. The van der Waals surface area contributed by atoms with Gasteiger partial charge in [-0.15, -0.1) is 21.5 Å². The molecule has 216 valence electrons. The van der Waals surface area contributed by atoms with Crippen LogP contribution >= 0.6 is 23.1 Å². The Labute approximate surface area is 240 Å². The highest BCUT2D eigenvalue weighted by Crippen LogP contribution is 2.41. The predicted molar refractivity (Wildman–Crippen MR) is 151 cm³/mol. The molecule has 0 aliphatic carbocycles. The maximum atomic E-state index is 13.0. The van der Waals surface area contributed by atoms with E-state index in [0.29, 0.717) is 45.9 Å². The summed E-state index contributed by atoms with van der Waals surface area (Å²) in [6, 6.07) is 3.55. The van der Waals surface area contributed by atoms with Crippen molar-refractivity contribution in [3.63, 3.8) is 0 Å². The molecule has 3 rings (SSSR count). The molecule has 12 nitrogen and oxygen atoms in total. The highest BCUT2D eigenvalue weighted by Gasteiger charge is 2.27. The Morgan fingerprint density at radius 1 is 0.950 bits per heavy atom. The molecular weight excluding hydrogens is 560 g/mol. The number of rotatable bonds is 13. The lowest BCUT2D eigenvalue weighted by atomic mass is 10.1. The van der Waals surface area contributed by atoms with Crippen molar-refractivity contribution in [1.82, 2.24) is 14.8 Å². The molecule has 0 aliphatic rings. The number of thioether (sulfide) groups is 1. The van der Waals surface area contributed by atoms with Crippen LogP contribution in [0.2, 0.25) is 0 Å². The van der Waals surface area contributed by atoms with Crippen LogP contribution in [0.5, 0.6) is 17.2 Å². The molecule has 0 radical (unpaired) electrons. The van der Waals surface area contributed by atoms with Gasteiger partial charge in [0.05, 0.1) is 45.9 Å². The predicted octanol–water partition coefficient (Wildman–Crippen LogP) is 4.44. The lowest BCUT2D eigenvalue weighted by Gasteiger charge is -2.14. The Kier molecular flexibility index (Phi) is 10.8. The first-order valence-electron chi connectivity index (χ1n) is 12.4. The SMILES string of the molecule is CCOC(=O)c1sc(NC(=O)CSc2nnc(-c3cc(OC)c(OC)c(OC)c3)n2CC)c(C(=O)OCC)c1C. The first kappa shape index (κ1) is 30.8. The summed E-state index contributed by atoms with van der Waals surface area (Å²) in [6.07, 6.45) is 0. The van der Waals surface area contributed by atoms with Crippen molar-refractivity contribution in [2.45, 2.75) is 39.4 Å². The van der Waals surface area contributed by atoms with Gasteiger partial charge in [-0.2, -0.15) is 0 Å². The molecular formula is C26H32N4O8S2. The van der Waals surface area contributed by atoms with Crippen molar-refractivity contribution in [3.05, 3.63) is 28.1 Å². The van der Waals surface area contributed by atoms with Crippen molar-refractivity contribution in [3.8, 4) is 28.6 Å². The summed E-state index contributed by atoms with van der Waals surface area (Å²) in [7, 11) is 4.59. The van der Waals surface area contributed by atoms with Crippen molar-refractivity contribution >= 4 is 45.9 Å². The molecule has 0 saturated heterocycles. The minimum Gasteiger partial charge on any atom is -0.493 e. The summed E-state index contributed by atoms with van der Waals surface area (Å²) in [5.41, 5.74) is 1.22. The van der Waals surface area contributed by atoms with E-state index in [9.17, 15) is 14.4 Å². The average Bonchev–Trinajstić information content (AvgIpc) is 3.51. The number of benzene rings is 1. The lowest BCUT2D eigenvalue weighted by molar-refractivity contribution is -0.113. The number of nitrogens with one attached hydrogen (secondary N) is 1. The maximum absolute atomic E-state index is 13.0. The Morgan fingerprint density at radius 2 is 1.57 bits per heavy atom. The van der Waals surface area contributed by atoms with E-state index in [1.807, 2.05) is 11.5 Å². The number of esters is 2. The molecule has 1 aromatic carbocycles. The van der Waals surface area contributed by atoms with Crippen molar-refractivity contribution in [2.24, 2.45) is 0 Å². The molecule has 0 aliphatic heterocycles. The molecule has 0 fully saturated rings. The normalized spacial score (nSPS) is 10.7. The summed E-state index contributed by atoms with van der Waals surface area (Å²) in [4.78, 5) is 38.2. The topological polar surface area (TPSA) is 140 Å². The molecule has 1 amide bonds. The van der Waals surface area contributed by atoms with Crippen LogP contribution in [0.3, 0.4) is 0 Å². The molecule has 40 heavy (non-hydrogen) atoms. The van der Waals surface area contributed by atoms with E-state index in [1.165, 1.54) is 33.1 Å². The number of anilines is 1. The molecule has 2 heterocycles. The zero-order chi connectivity index (χ0) is 29.4. The van der Waals surface area contributed by atoms with Gasteiger partial charge in [-0.05, 0) is 45.4 Å². The second kappa shape index (κ2) is 14.0. The minimum atomic E-state index is -0.629. The van der Waals surface area contributed by atoms with Gasteiger partial charge in [0.15, 0.2) is 22.5 Å². The van der Waals surface area contributed by atoms with Gasteiger partial charge in [0.2, 0.25) is 11.7 Å². The average molecular weight is 593 g/mol. The summed E-state index contributed by atoms with van der Waals surface area (Å²) >= 11 is 2.15. The van der Waals surface area contributed by atoms with Crippen LogP contribution in [0.1, 0.15) is 46.4 Å². The van der Waals surface area contributed by atoms with Crippen LogP contribution in [-0.4, -0.2) is 72.9 Å². The third kappa shape index (κ3) is 6.50. The standard InChI is InChI=1S/C26H32N4O8S2/c1-8-30-22(15-11-16(34-5)20(36-7)17(12-15)35-6)28-29-26(30)39-13-18(31)27-23-19(24(32)37-9-2)14(4)21(40-23)25(33)38-10-3/h11-12H,8-10,13H2,1-7H3,(H,27,31). The third-order valence-corrected chi connectivity index (χ3v) is 7.78. The van der Waals surface area contributed by atoms with Gasteiger partial charge in [-0.25, -0.2) is 9.59 Å². The molecule has 0 saturated carbocycles. The summed E-state index contributed by atoms with van der Waals surface area (Å²) in [5, 5.41) is 12.1. The maximum Gasteiger partial charge on any atom is 0.348 e. The van der Waals surface area contributed by atoms with Gasteiger partial charge in [0.25, 0.3) is 0 Å². The number of ether oxygens (including phenoxy) is 5. The van der Waals surface area contributed by atoms with Gasteiger partial charge < -0.3 is 33.6 Å². The fourth-order valence-corrected chi connectivity index (χ4v) is 5.75. The number of thiophene rings is 1. The van der Waals surface area contributed by atoms with Gasteiger partial charge in [-0.1, -0.05) is 11.8 Å². The number of carbonyl (C=O) groups excluding carboxylic acids is 3. The highest BCUT2D eigenvalue weighted by molar-refractivity contribution is 7.99. The van der Waals surface area contributed by atoms with Crippen LogP contribution in [0.15, 0.2) is 17.3 Å². The third-order valence-electron chi connectivity index (χ3n) is 5.63. The van der Waals surface area contributed by atoms with E-state index >= 15 is 0 Å². The minimum absolute atomic E-state index is 0.0264. The largest absolute Gasteiger partial charge is 0.493 e. The number of hydrogen-bond donors (Lipinski definition) is 1.